The first-order valence-electron chi connectivity index (χ1n) is 7.77. The minimum Gasteiger partial charge on any atom is -0.481 e. The Labute approximate surface area is 141 Å². The van der Waals surface area contributed by atoms with Crippen LogP contribution in [0.15, 0.2) is 11.6 Å². The zero-order valence-electron chi connectivity index (χ0n) is 14.2. The molecule has 0 bridgehead atoms. The molecule has 0 aromatic heterocycles. The van der Waals surface area contributed by atoms with Crippen LogP contribution in [0.3, 0.4) is 0 Å². The lowest BCUT2D eigenvalue weighted by atomic mass is 9.89. The smallest absolute Gasteiger partial charge is 0.341 e. The van der Waals surface area contributed by atoms with Crippen molar-refractivity contribution in [3.8, 4) is 12.3 Å². The molecule has 0 unspecified atom stereocenters. The molecule has 24 heavy (non-hydrogen) atoms. The van der Waals surface area contributed by atoms with Crippen molar-refractivity contribution in [1.29, 1.82) is 0 Å². The van der Waals surface area contributed by atoms with Crippen molar-refractivity contribution in [2.45, 2.75) is 39.7 Å². The molecule has 1 aliphatic heterocycles. The number of nitrogens with one attached hydrogen (secondary N) is 1. The van der Waals surface area contributed by atoms with Crippen LogP contribution in [0.2, 0.25) is 0 Å². The summed E-state index contributed by atoms with van der Waals surface area (Å²) >= 11 is 0. The van der Waals surface area contributed by atoms with Crippen LogP contribution in [-0.2, 0) is 22.6 Å². The van der Waals surface area contributed by atoms with Crippen molar-refractivity contribution in [3.63, 3.8) is 0 Å². The molecule has 0 amide bonds. The summed E-state index contributed by atoms with van der Waals surface area (Å²) in [6.07, 6.45) is 8.78. The van der Waals surface area contributed by atoms with Crippen molar-refractivity contribution in [3.05, 3.63) is 39.5 Å². The van der Waals surface area contributed by atoms with Gasteiger partial charge in [-0.25, -0.2) is 4.79 Å². The number of cyclic esters (lactones) is 1. The van der Waals surface area contributed by atoms with E-state index in [2.05, 4.69) is 11.2 Å². The van der Waals surface area contributed by atoms with E-state index in [0.29, 0.717) is 24.1 Å². The number of carbonyl (C=O) groups excluding carboxylic acids is 1. The van der Waals surface area contributed by atoms with Crippen LogP contribution in [0.4, 0.5) is 5.69 Å². The highest BCUT2D eigenvalue weighted by molar-refractivity contribution is 6.01. The molecule has 1 aromatic carbocycles. The van der Waals surface area contributed by atoms with Gasteiger partial charge in [-0.3, -0.25) is 4.79 Å². The average Bonchev–Trinajstić information content (AvgIpc) is 2.93. The van der Waals surface area contributed by atoms with Crippen LogP contribution < -0.4 is 5.32 Å². The van der Waals surface area contributed by atoms with Gasteiger partial charge in [-0.1, -0.05) is 17.6 Å². The van der Waals surface area contributed by atoms with Gasteiger partial charge in [0.05, 0.1) is 11.3 Å². The van der Waals surface area contributed by atoms with E-state index in [4.69, 9.17) is 16.3 Å². The topological polar surface area (TPSA) is 75.6 Å². The predicted molar refractivity (Wildman–Crippen MR) is 92.1 cm³/mol. The average molecular weight is 327 g/mol. The first-order valence-corrected chi connectivity index (χ1v) is 7.77. The number of esters is 1. The minimum absolute atomic E-state index is 0.0960. The van der Waals surface area contributed by atoms with Gasteiger partial charge < -0.3 is 15.2 Å². The number of aliphatic carboxylic acids is 1. The molecule has 1 aromatic rings. The maximum absolute atomic E-state index is 12.1. The number of ether oxygens (including phenoxy) is 1. The molecule has 0 atom stereocenters. The molecule has 0 radical (unpaired) electrons. The number of carbonyl (C=O) groups is 2. The van der Waals surface area contributed by atoms with E-state index < -0.39 is 5.97 Å². The number of carboxylic acid groups (broad SMARTS) is 1. The molecule has 5 heteroatoms. The van der Waals surface area contributed by atoms with E-state index in [1.165, 1.54) is 0 Å². The van der Waals surface area contributed by atoms with Gasteiger partial charge in [0.15, 0.2) is 0 Å². The largest absolute Gasteiger partial charge is 0.481 e. The van der Waals surface area contributed by atoms with Gasteiger partial charge in [0.1, 0.15) is 6.61 Å². The van der Waals surface area contributed by atoms with Gasteiger partial charge in [-0.15, -0.1) is 6.42 Å². The fourth-order valence-corrected chi connectivity index (χ4v) is 2.96. The van der Waals surface area contributed by atoms with E-state index in [1.807, 2.05) is 19.9 Å². The number of allylic oxidation sites excluding steroid dienone is 2. The quantitative estimate of drug-likeness (QED) is 0.477. The van der Waals surface area contributed by atoms with E-state index >= 15 is 0 Å². The summed E-state index contributed by atoms with van der Waals surface area (Å²) in [5, 5.41) is 11.9. The zero-order chi connectivity index (χ0) is 17.9. The van der Waals surface area contributed by atoms with E-state index in [1.54, 1.807) is 7.05 Å². The number of carboxylic acids is 1. The van der Waals surface area contributed by atoms with Crippen molar-refractivity contribution in [2.75, 3.05) is 12.4 Å². The second-order valence-corrected chi connectivity index (χ2v) is 5.83. The molecule has 0 saturated carbocycles. The summed E-state index contributed by atoms with van der Waals surface area (Å²) in [6.45, 7) is 4.04. The maximum Gasteiger partial charge on any atom is 0.341 e. The van der Waals surface area contributed by atoms with Crippen LogP contribution in [0.25, 0.3) is 0 Å². The van der Waals surface area contributed by atoms with Gasteiger partial charge in [0.2, 0.25) is 0 Å². The molecule has 1 heterocycles. The fraction of sp³-hybridized carbons (Fsp3) is 0.368. The SMILES string of the molecule is C#Cc1c(C)c2c(c(NC)c1CC=C(C)CCC(=O)O)C(=O)OC2. The van der Waals surface area contributed by atoms with E-state index in [-0.39, 0.29) is 19.0 Å². The Morgan fingerprint density at radius 2 is 2.17 bits per heavy atom. The predicted octanol–water partition coefficient (Wildman–Crippen LogP) is 3.04. The number of terminal acetylenes is 1. The lowest BCUT2D eigenvalue weighted by Gasteiger charge is -2.17. The number of benzene rings is 1. The standard InChI is InChI=1S/C19H21NO4/c1-5-13-12(3)15-10-24-19(23)17(15)18(20-4)14(13)8-6-11(2)7-9-16(21)22/h1,6,20H,7-10H2,2-4H3,(H,21,22). The van der Waals surface area contributed by atoms with Gasteiger partial charge in [0.25, 0.3) is 0 Å². The lowest BCUT2D eigenvalue weighted by Crippen LogP contribution is -2.09. The maximum atomic E-state index is 12.1. The van der Waals surface area contributed by atoms with E-state index in [9.17, 15) is 9.59 Å². The summed E-state index contributed by atoms with van der Waals surface area (Å²) in [7, 11) is 1.75. The first-order chi connectivity index (χ1) is 11.4. The highest BCUT2D eigenvalue weighted by Gasteiger charge is 2.30. The van der Waals surface area contributed by atoms with Gasteiger partial charge in [-0.05, 0) is 37.8 Å². The Bertz CT molecular complexity index is 769. The Morgan fingerprint density at radius 3 is 2.75 bits per heavy atom. The van der Waals surface area contributed by atoms with Gasteiger partial charge in [0, 0.05) is 24.6 Å². The van der Waals surface area contributed by atoms with Crippen LogP contribution in [0.1, 0.15) is 52.4 Å². The molecule has 2 rings (SSSR count). The molecule has 0 fully saturated rings. The Hall–Kier alpha value is -2.74. The number of rotatable bonds is 6. The summed E-state index contributed by atoms with van der Waals surface area (Å²) in [4.78, 5) is 22.7. The van der Waals surface area contributed by atoms with Gasteiger partial charge >= 0.3 is 11.9 Å². The summed E-state index contributed by atoms with van der Waals surface area (Å²) in [5.41, 5.74) is 5.59. The summed E-state index contributed by atoms with van der Waals surface area (Å²) in [6, 6.07) is 0. The third-order valence-corrected chi connectivity index (χ3v) is 4.32. The van der Waals surface area contributed by atoms with Gasteiger partial charge in [-0.2, -0.15) is 0 Å². The highest BCUT2D eigenvalue weighted by Crippen LogP contribution is 2.36. The molecule has 0 saturated heterocycles. The zero-order valence-corrected chi connectivity index (χ0v) is 14.2. The van der Waals surface area contributed by atoms with Crippen molar-refractivity contribution < 1.29 is 19.4 Å². The van der Waals surface area contributed by atoms with Crippen LogP contribution >= 0.6 is 0 Å². The van der Waals surface area contributed by atoms with Crippen molar-refractivity contribution >= 4 is 17.6 Å². The third-order valence-electron chi connectivity index (χ3n) is 4.32. The fourth-order valence-electron chi connectivity index (χ4n) is 2.96. The molecule has 126 valence electrons. The number of hydrogen-bond acceptors (Lipinski definition) is 4. The van der Waals surface area contributed by atoms with Crippen LogP contribution in [0, 0.1) is 19.3 Å². The monoisotopic (exact) mass is 327 g/mol. The van der Waals surface area contributed by atoms with Crippen molar-refractivity contribution in [2.24, 2.45) is 0 Å². The Kier molecular flexibility index (Phi) is 5.30. The molecule has 0 spiro atoms. The summed E-state index contributed by atoms with van der Waals surface area (Å²) < 4.78 is 5.16. The third kappa shape index (κ3) is 3.28. The number of hydrogen-bond donors (Lipinski definition) is 2. The molecule has 2 N–H and O–H groups in total. The number of anilines is 1. The molecular formula is C19H21NO4. The Balaban J connectivity index is 2.46. The normalized spacial score (nSPS) is 13.2. The molecule has 0 aliphatic carbocycles. The minimum atomic E-state index is -0.820. The number of fused-ring (bicyclic) bond motifs is 1. The lowest BCUT2D eigenvalue weighted by molar-refractivity contribution is -0.136. The molecule has 5 nitrogen and oxygen atoms in total. The van der Waals surface area contributed by atoms with Crippen LogP contribution in [-0.4, -0.2) is 24.1 Å². The van der Waals surface area contributed by atoms with Crippen molar-refractivity contribution in [1.82, 2.24) is 0 Å². The first kappa shape index (κ1) is 17.6. The van der Waals surface area contributed by atoms with Crippen LogP contribution in [0.5, 0.6) is 0 Å². The second kappa shape index (κ2) is 7.22. The Morgan fingerprint density at radius 1 is 1.46 bits per heavy atom. The molecular weight excluding hydrogens is 306 g/mol. The second-order valence-electron chi connectivity index (χ2n) is 5.83. The summed E-state index contributed by atoms with van der Waals surface area (Å²) in [5.74, 6) is 1.57. The highest BCUT2D eigenvalue weighted by atomic mass is 16.5. The van der Waals surface area contributed by atoms with E-state index in [0.717, 1.165) is 27.8 Å². The molecule has 1 aliphatic rings.